The Morgan fingerprint density at radius 3 is 2.00 bits per heavy atom. The van der Waals surface area contributed by atoms with E-state index in [0.717, 1.165) is 0 Å². The highest BCUT2D eigenvalue weighted by Gasteiger charge is 2.31. The number of nitrogens with zero attached hydrogens (tertiary/aromatic N) is 1. The number of hydrogen-bond donors (Lipinski definition) is 2. The van der Waals surface area contributed by atoms with Gasteiger partial charge in [0.15, 0.2) is 0 Å². The molecule has 0 saturated heterocycles. The van der Waals surface area contributed by atoms with Gasteiger partial charge in [-0.1, -0.05) is 33.9 Å². The second-order valence-electron chi connectivity index (χ2n) is 7.15. The lowest BCUT2D eigenvalue weighted by molar-refractivity contribution is 0.217. The van der Waals surface area contributed by atoms with E-state index >= 15 is 0 Å². The summed E-state index contributed by atoms with van der Waals surface area (Å²) >= 11 is 0. The van der Waals surface area contributed by atoms with Crippen LogP contribution in [0.4, 0.5) is 4.39 Å². The van der Waals surface area contributed by atoms with Gasteiger partial charge in [0, 0.05) is 6.42 Å². The zero-order valence-corrected chi connectivity index (χ0v) is 14.1. The monoisotopic (exact) mass is 293 g/mol. The second kappa shape index (κ2) is 7.02. The van der Waals surface area contributed by atoms with Crippen LogP contribution in [0.1, 0.15) is 48.0 Å². The van der Waals surface area contributed by atoms with Gasteiger partial charge in [0.25, 0.3) is 0 Å². The number of nitriles is 1. The predicted octanol–water partition coefficient (Wildman–Crippen LogP) is 3.96. The van der Waals surface area contributed by atoms with Crippen LogP contribution in [0.3, 0.4) is 0 Å². The molecule has 0 bridgehead atoms. The zero-order valence-electron chi connectivity index (χ0n) is 14.1. The summed E-state index contributed by atoms with van der Waals surface area (Å²) in [6, 6.07) is 1.83. The number of nitrogens with two attached hydrogens (primary N) is 1. The lowest BCUT2D eigenvalue weighted by atomic mass is 9.78. The first-order valence-corrected chi connectivity index (χ1v) is 6.98. The lowest BCUT2D eigenvalue weighted by Gasteiger charge is -2.32. The van der Waals surface area contributed by atoms with Crippen LogP contribution in [0.15, 0.2) is 35.5 Å². The van der Waals surface area contributed by atoms with E-state index in [4.69, 9.17) is 5.84 Å². The molecule has 0 aliphatic rings. The molecule has 0 amide bonds. The molecule has 0 aromatic carbocycles. The van der Waals surface area contributed by atoms with Crippen molar-refractivity contribution >= 4 is 0 Å². The fraction of sp³-hybridized carbons (Fsp3) is 0.588. The number of rotatable bonds is 6. The van der Waals surface area contributed by atoms with Gasteiger partial charge in [-0.05, 0) is 42.9 Å². The topological polar surface area (TPSA) is 61.8 Å². The maximum absolute atomic E-state index is 13.9. The Morgan fingerprint density at radius 2 is 1.76 bits per heavy atom. The third kappa shape index (κ3) is 5.82. The van der Waals surface area contributed by atoms with Crippen LogP contribution in [0.5, 0.6) is 0 Å². The van der Waals surface area contributed by atoms with Gasteiger partial charge in [0.2, 0.25) is 0 Å². The van der Waals surface area contributed by atoms with E-state index in [9.17, 15) is 9.65 Å². The molecule has 0 aromatic rings. The molecule has 0 aliphatic heterocycles. The fourth-order valence-electron chi connectivity index (χ4n) is 2.35. The van der Waals surface area contributed by atoms with E-state index in [1.165, 1.54) is 13.8 Å². The zero-order chi connectivity index (χ0) is 17.0. The van der Waals surface area contributed by atoms with Crippen LogP contribution in [0.2, 0.25) is 0 Å². The molecule has 0 radical (unpaired) electrons. The van der Waals surface area contributed by atoms with Gasteiger partial charge in [0.05, 0.1) is 17.7 Å². The van der Waals surface area contributed by atoms with Crippen molar-refractivity contribution in [3.05, 3.63) is 35.5 Å². The first-order chi connectivity index (χ1) is 9.35. The first kappa shape index (κ1) is 19.6. The molecule has 1 unspecified atom stereocenters. The molecule has 3 N–H and O–H groups in total. The van der Waals surface area contributed by atoms with Gasteiger partial charge in [-0.2, -0.15) is 5.26 Å². The minimum Gasteiger partial charge on any atom is -0.271 e. The molecule has 118 valence electrons. The minimum atomic E-state index is -1.40. The highest BCUT2D eigenvalue weighted by Crippen LogP contribution is 2.34. The summed E-state index contributed by atoms with van der Waals surface area (Å²) < 4.78 is 13.9. The molecular weight excluding hydrogens is 265 g/mol. The summed E-state index contributed by atoms with van der Waals surface area (Å²) in [5.74, 6) is 5.63. The van der Waals surface area contributed by atoms with Crippen molar-refractivity contribution < 1.29 is 4.39 Å². The molecule has 0 aliphatic carbocycles. The first-order valence-electron chi connectivity index (χ1n) is 6.98. The van der Waals surface area contributed by atoms with Gasteiger partial charge in [-0.15, -0.1) is 0 Å². The third-order valence-electron chi connectivity index (χ3n) is 3.13. The number of allylic oxidation sites excluding steroid dienone is 3. The molecule has 21 heavy (non-hydrogen) atoms. The molecule has 4 heteroatoms. The summed E-state index contributed by atoms with van der Waals surface area (Å²) in [6.07, 6.45) is 0.141. The Hall–Kier alpha value is -1.44. The summed E-state index contributed by atoms with van der Waals surface area (Å²) in [5.41, 5.74) is 3.33. The molecule has 0 fully saturated rings. The summed E-state index contributed by atoms with van der Waals surface area (Å²) in [7, 11) is 0. The molecule has 0 aromatic heterocycles. The lowest BCUT2D eigenvalue weighted by Crippen LogP contribution is -2.46. The Bertz CT molecular complexity index is 482. The number of alkyl halides is 1. The van der Waals surface area contributed by atoms with Gasteiger partial charge < -0.3 is 0 Å². The van der Waals surface area contributed by atoms with Gasteiger partial charge >= 0.3 is 0 Å². The van der Waals surface area contributed by atoms with Crippen molar-refractivity contribution in [2.24, 2.45) is 11.3 Å². The average molecular weight is 293 g/mol. The largest absolute Gasteiger partial charge is 0.271 e. The number of nitrogens with one attached hydrogen (secondary N) is 1. The summed E-state index contributed by atoms with van der Waals surface area (Å²) in [6.45, 7) is 18.6. The van der Waals surface area contributed by atoms with Crippen LogP contribution in [-0.4, -0.2) is 11.7 Å². The van der Waals surface area contributed by atoms with Gasteiger partial charge in [-0.3, -0.25) is 11.3 Å². The Labute approximate surface area is 128 Å². The third-order valence-corrected chi connectivity index (χ3v) is 3.13. The molecule has 1 atom stereocenters. The Kier molecular flexibility index (Phi) is 6.54. The van der Waals surface area contributed by atoms with Crippen molar-refractivity contribution in [2.45, 2.75) is 59.7 Å². The van der Waals surface area contributed by atoms with Crippen molar-refractivity contribution in [3.63, 3.8) is 0 Å². The van der Waals surface area contributed by atoms with Gasteiger partial charge in [-0.25, -0.2) is 4.39 Å². The van der Waals surface area contributed by atoms with Crippen LogP contribution >= 0.6 is 0 Å². The van der Waals surface area contributed by atoms with Crippen LogP contribution in [0, 0.1) is 16.7 Å². The van der Waals surface area contributed by atoms with E-state index < -0.39 is 5.67 Å². The van der Waals surface area contributed by atoms with E-state index in [0.29, 0.717) is 22.3 Å². The highest BCUT2D eigenvalue weighted by atomic mass is 19.1. The molecule has 0 rings (SSSR count). The van der Waals surface area contributed by atoms with Crippen molar-refractivity contribution in [2.75, 3.05) is 0 Å². The Balaban J connectivity index is 6.03. The number of hydrogen-bond acceptors (Lipinski definition) is 3. The van der Waals surface area contributed by atoms with Crippen LogP contribution in [0.25, 0.3) is 0 Å². The number of halogens is 1. The van der Waals surface area contributed by atoms with Crippen molar-refractivity contribution in [3.8, 4) is 6.07 Å². The van der Waals surface area contributed by atoms with Crippen molar-refractivity contribution in [1.29, 1.82) is 5.26 Å². The van der Waals surface area contributed by atoms with Crippen LogP contribution in [-0.2, 0) is 0 Å². The Morgan fingerprint density at radius 1 is 1.29 bits per heavy atom. The summed E-state index contributed by atoms with van der Waals surface area (Å²) in [5, 5.41) is 9.58. The standard InChI is InChI=1S/C17H28FN3/c1-11(2)14(12(3)9-17(7,8)18)13(10-19)15(21-20)16(4,5)6/h15,21H,1,3,9,20H2,2,4-8H3/b14-13-. The quantitative estimate of drug-likeness (QED) is 0.337. The number of hydrazine groups is 1. The van der Waals surface area contributed by atoms with Gasteiger partial charge in [0.1, 0.15) is 5.67 Å². The fourth-order valence-corrected chi connectivity index (χ4v) is 2.35. The second-order valence-corrected chi connectivity index (χ2v) is 7.15. The minimum absolute atomic E-state index is 0.141. The summed E-state index contributed by atoms with van der Waals surface area (Å²) in [4.78, 5) is 0. The van der Waals surface area contributed by atoms with Crippen molar-refractivity contribution in [1.82, 2.24) is 5.43 Å². The molecule has 3 nitrogen and oxygen atoms in total. The molecule has 0 saturated carbocycles. The smallest absolute Gasteiger partial charge is 0.109 e. The highest BCUT2D eigenvalue weighted by molar-refractivity contribution is 5.53. The van der Waals surface area contributed by atoms with E-state index in [2.05, 4.69) is 24.7 Å². The maximum Gasteiger partial charge on any atom is 0.109 e. The van der Waals surface area contributed by atoms with E-state index in [-0.39, 0.29) is 17.9 Å². The normalized spacial score (nSPS) is 15.0. The molecule has 0 spiro atoms. The SMILES string of the molecule is C=C(C)/C(C(=C)CC(C)(C)F)=C(\C#N)C(NN)C(C)(C)C. The average Bonchev–Trinajstić information content (AvgIpc) is 2.23. The van der Waals surface area contributed by atoms with E-state index in [1.54, 1.807) is 6.92 Å². The molecular formula is C17H28FN3. The molecule has 0 heterocycles. The van der Waals surface area contributed by atoms with E-state index in [1.807, 2.05) is 20.8 Å². The van der Waals surface area contributed by atoms with Crippen LogP contribution < -0.4 is 11.3 Å². The maximum atomic E-state index is 13.9. The predicted molar refractivity (Wildman–Crippen MR) is 87.0 cm³/mol.